The van der Waals surface area contributed by atoms with Gasteiger partial charge in [0.2, 0.25) is 5.91 Å². The third-order valence-corrected chi connectivity index (χ3v) is 4.17. The lowest BCUT2D eigenvalue weighted by Gasteiger charge is -2.16. The van der Waals surface area contributed by atoms with Gasteiger partial charge in [0, 0.05) is 9.62 Å². The Morgan fingerprint density at radius 2 is 2.06 bits per heavy atom. The van der Waals surface area contributed by atoms with Crippen molar-refractivity contribution in [3.05, 3.63) is 10.6 Å². The van der Waals surface area contributed by atoms with Gasteiger partial charge in [-0.3, -0.25) is 4.79 Å². The standard InChI is InChI=1S/C11H18N2OS2/c1-7-8(2)16-10(12-7)13-9(14)6-15-11(3,4)5/h6H2,1-5H3,(H,12,13,14). The Balaban J connectivity index is 2.46. The van der Waals surface area contributed by atoms with E-state index < -0.39 is 0 Å². The maximum absolute atomic E-state index is 11.6. The molecule has 1 aromatic rings. The van der Waals surface area contributed by atoms with E-state index in [1.807, 2.05) is 13.8 Å². The van der Waals surface area contributed by atoms with Crippen LogP contribution in [-0.2, 0) is 4.79 Å². The lowest BCUT2D eigenvalue weighted by molar-refractivity contribution is -0.113. The van der Waals surface area contributed by atoms with E-state index in [0.717, 1.165) is 10.6 Å². The minimum atomic E-state index is 0.0219. The molecular weight excluding hydrogens is 240 g/mol. The first-order valence-electron chi connectivity index (χ1n) is 5.16. The highest BCUT2D eigenvalue weighted by Crippen LogP contribution is 2.24. The van der Waals surface area contributed by atoms with E-state index in [9.17, 15) is 4.79 Å². The highest BCUT2D eigenvalue weighted by Gasteiger charge is 2.14. The molecule has 0 atom stereocenters. The topological polar surface area (TPSA) is 42.0 Å². The minimum absolute atomic E-state index is 0.0219. The van der Waals surface area contributed by atoms with E-state index in [4.69, 9.17) is 0 Å². The van der Waals surface area contributed by atoms with Crippen LogP contribution in [-0.4, -0.2) is 21.4 Å². The van der Waals surface area contributed by atoms with Crippen LogP contribution < -0.4 is 5.32 Å². The molecule has 0 saturated carbocycles. The second kappa shape index (κ2) is 5.19. The van der Waals surface area contributed by atoms with Crippen LogP contribution in [0.4, 0.5) is 5.13 Å². The number of nitrogens with zero attached hydrogens (tertiary/aromatic N) is 1. The molecule has 0 radical (unpaired) electrons. The van der Waals surface area contributed by atoms with Gasteiger partial charge in [-0.25, -0.2) is 4.98 Å². The first-order valence-corrected chi connectivity index (χ1v) is 6.96. The molecule has 0 aliphatic carbocycles. The van der Waals surface area contributed by atoms with Crippen molar-refractivity contribution in [2.24, 2.45) is 0 Å². The zero-order valence-electron chi connectivity index (χ0n) is 10.4. The van der Waals surface area contributed by atoms with Crippen molar-refractivity contribution < 1.29 is 4.79 Å². The summed E-state index contributed by atoms with van der Waals surface area (Å²) in [6.07, 6.45) is 0. The highest BCUT2D eigenvalue weighted by atomic mass is 32.2. The van der Waals surface area contributed by atoms with Crippen LogP contribution >= 0.6 is 23.1 Å². The van der Waals surface area contributed by atoms with Crippen LogP contribution in [0.3, 0.4) is 0 Å². The number of hydrogen-bond donors (Lipinski definition) is 1. The van der Waals surface area contributed by atoms with Crippen LogP contribution in [0.5, 0.6) is 0 Å². The zero-order chi connectivity index (χ0) is 12.3. The van der Waals surface area contributed by atoms with E-state index in [-0.39, 0.29) is 10.7 Å². The molecule has 0 spiro atoms. The van der Waals surface area contributed by atoms with E-state index in [0.29, 0.717) is 10.9 Å². The lowest BCUT2D eigenvalue weighted by Crippen LogP contribution is -2.18. The number of anilines is 1. The van der Waals surface area contributed by atoms with Crippen LogP contribution in [0.1, 0.15) is 31.3 Å². The van der Waals surface area contributed by atoms with Gasteiger partial charge in [0.25, 0.3) is 0 Å². The molecule has 5 heteroatoms. The Labute approximate surface area is 105 Å². The van der Waals surface area contributed by atoms with Crippen LogP contribution in [0.25, 0.3) is 0 Å². The normalized spacial score (nSPS) is 11.6. The number of carbonyl (C=O) groups is 1. The molecule has 1 heterocycles. The van der Waals surface area contributed by atoms with Crippen molar-refractivity contribution in [1.82, 2.24) is 4.98 Å². The summed E-state index contributed by atoms with van der Waals surface area (Å²) >= 11 is 3.16. The van der Waals surface area contributed by atoms with Gasteiger partial charge in [-0.05, 0) is 13.8 Å². The largest absolute Gasteiger partial charge is 0.301 e. The first kappa shape index (κ1) is 13.5. The van der Waals surface area contributed by atoms with Gasteiger partial charge in [0.1, 0.15) is 0 Å². The number of thioether (sulfide) groups is 1. The summed E-state index contributed by atoms with van der Waals surface area (Å²) < 4.78 is 0.117. The van der Waals surface area contributed by atoms with Gasteiger partial charge < -0.3 is 5.32 Å². The Morgan fingerprint density at radius 1 is 1.44 bits per heavy atom. The van der Waals surface area contributed by atoms with Crippen LogP contribution in [0, 0.1) is 13.8 Å². The van der Waals surface area contributed by atoms with Crippen molar-refractivity contribution >= 4 is 34.1 Å². The van der Waals surface area contributed by atoms with Crippen molar-refractivity contribution in [2.45, 2.75) is 39.4 Å². The Hall–Kier alpha value is -0.550. The summed E-state index contributed by atoms with van der Waals surface area (Å²) in [6.45, 7) is 10.3. The maximum atomic E-state index is 11.6. The van der Waals surface area contributed by atoms with Crippen molar-refractivity contribution in [2.75, 3.05) is 11.1 Å². The second-order valence-electron chi connectivity index (χ2n) is 4.61. The number of nitrogens with one attached hydrogen (secondary N) is 1. The molecule has 16 heavy (non-hydrogen) atoms. The van der Waals surface area contributed by atoms with Crippen LogP contribution in [0.15, 0.2) is 0 Å². The first-order chi connectivity index (χ1) is 7.28. The quantitative estimate of drug-likeness (QED) is 0.905. The highest BCUT2D eigenvalue weighted by molar-refractivity contribution is 8.01. The molecule has 1 aromatic heterocycles. The third-order valence-electron chi connectivity index (χ3n) is 1.91. The number of thiazole rings is 1. The molecule has 1 amide bonds. The molecule has 0 bridgehead atoms. The fraction of sp³-hybridized carbons (Fsp3) is 0.636. The summed E-state index contributed by atoms with van der Waals surface area (Å²) in [4.78, 5) is 17.0. The maximum Gasteiger partial charge on any atom is 0.236 e. The monoisotopic (exact) mass is 258 g/mol. The SMILES string of the molecule is Cc1nc(NC(=O)CSC(C)(C)C)sc1C. The van der Waals surface area contributed by atoms with E-state index in [1.165, 1.54) is 11.3 Å². The predicted molar refractivity (Wildman–Crippen MR) is 72.4 cm³/mol. The molecular formula is C11H18N2OS2. The van der Waals surface area contributed by atoms with E-state index in [1.54, 1.807) is 11.8 Å². The predicted octanol–water partition coefficient (Wildman–Crippen LogP) is 3.23. The fourth-order valence-electron chi connectivity index (χ4n) is 0.964. The molecule has 0 saturated heterocycles. The molecule has 0 fully saturated rings. The summed E-state index contributed by atoms with van der Waals surface area (Å²) in [5.41, 5.74) is 0.990. The summed E-state index contributed by atoms with van der Waals surface area (Å²) in [6, 6.07) is 0. The van der Waals surface area contributed by atoms with Gasteiger partial charge in [-0.2, -0.15) is 0 Å². The molecule has 0 unspecified atom stereocenters. The number of carbonyl (C=O) groups excluding carboxylic acids is 1. The van der Waals surface area contributed by atoms with Gasteiger partial charge >= 0.3 is 0 Å². The van der Waals surface area contributed by atoms with Crippen molar-refractivity contribution in [3.8, 4) is 0 Å². The molecule has 3 nitrogen and oxygen atoms in total. The van der Waals surface area contributed by atoms with Gasteiger partial charge in [0.05, 0.1) is 11.4 Å². The van der Waals surface area contributed by atoms with E-state index >= 15 is 0 Å². The van der Waals surface area contributed by atoms with Gasteiger partial charge in [-0.15, -0.1) is 23.1 Å². The van der Waals surface area contributed by atoms with Crippen LogP contribution in [0.2, 0.25) is 0 Å². The molecule has 1 rings (SSSR count). The Bertz CT molecular complexity index is 360. The molecule has 0 aromatic carbocycles. The number of hydrogen-bond acceptors (Lipinski definition) is 4. The summed E-state index contributed by atoms with van der Waals surface area (Å²) in [5.74, 6) is 0.495. The van der Waals surface area contributed by atoms with E-state index in [2.05, 4.69) is 31.1 Å². The summed E-state index contributed by atoms with van der Waals surface area (Å²) in [5, 5.41) is 3.53. The molecule has 0 aliphatic rings. The minimum Gasteiger partial charge on any atom is -0.301 e. The number of rotatable bonds is 3. The second-order valence-corrected chi connectivity index (χ2v) is 7.62. The zero-order valence-corrected chi connectivity index (χ0v) is 12.0. The van der Waals surface area contributed by atoms with Crippen molar-refractivity contribution in [1.29, 1.82) is 0 Å². The fourth-order valence-corrected chi connectivity index (χ4v) is 2.43. The average Bonchev–Trinajstić information content (AvgIpc) is 2.41. The Kier molecular flexibility index (Phi) is 4.38. The van der Waals surface area contributed by atoms with Gasteiger partial charge in [0.15, 0.2) is 5.13 Å². The summed E-state index contributed by atoms with van der Waals surface area (Å²) in [7, 11) is 0. The van der Waals surface area contributed by atoms with Crippen molar-refractivity contribution in [3.63, 3.8) is 0 Å². The lowest BCUT2D eigenvalue weighted by atomic mass is 10.3. The molecule has 0 aliphatic heterocycles. The smallest absolute Gasteiger partial charge is 0.236 e. The molecule has 90 valence electrons. The van der Waals surface area contributed by atoms with Gasteiger partial charge in [-0.1, -0.05) is 20.8 Å². The average molecular weight is 258 g/mol. The number of amides is 1. The number of aromatic nitrogens is 1. The third kappa shape index (κ3) is 4.53. The number of aryl methyl sites for hydroxylation is 2. The molecule has 1 N–H and O–H groups in total. The Morgan fingerprint density at radius 3 is 2.50 bits per heavy atom.